The van der Waals surface area contributed by atoms with E-state index in [2.05, 4.69) is 22.8 Å². The molecule has 112 valence electrons. The Labute approximate surface area is 126 Å². The van der Waals surface area contributed by atoms with E-state index in [1.54, 1.807) is 0 Å². The Kier molecular flexibility index (Phi) is 5.91. The highest BCUT2D eigenvalue weighted by atomic mass is 14.9. The van der Waals surface area contributed by atoms with Gasteiger partial charge in [0.2, 0.25) is 0 Å². The second-order valence-corrected chi connectivity index (χ2v) is 5.14. The van der Waals surface area contributed by atoms with Crippen LogP contribution in [0.2, 0.25) is 0 Å². The average Bonchev–Trinajstić information content (AvgIpc) is 2.50. The summed E-state index contributed by atoms with van der Waals surface area (Å²) in [5.74, 6) is 0. The molecule has 0 heterocycles. The fraction of sp³-hybridized carbons (Fsp3) is 0.294. The summed E-state index contributed by atoms with van der Waals surface area (Å²) in [6, 6.07) is 15.9. The van der Waals surface area contributed by atoms with Gasteiger partial charge in [0.05, 0.1) is 0 Å². The maximum absolute atomic E-state index is 5.66. The van der Waals surface area contributed by atoms with Crippen LogP contribution in [0.15, 0.2) is 48.5 Å². The minimum atomic E-state index is 0.796. The van der Waals surface area contributed by atoms with E-state index in [-0.39, 0.29) is 0 Å². The first-order valence-electron chi connectivity index (χ1n) is 7.38. The largest absolute Gasteiger partial charge is 0.399 e. The van der Waals surface area contributed by atoms with Crippen molar-refractivity contribution in [2.45, 2.75) is 12.8 Å². The molecule has 0 saturated heterocycles. The van der Waals surface area contributed by atoms with E-state index in [0.29, 0.717) is 0 Å². The molecule has 0 unspecified atom stereocenters. The van der Waals surface area contributed by atoms with Crippen molar-refractivity contribution < 1.29 is 0 Å². The minimum absolute atomic E-state index is 0.796. The van der Waals surface area contributed by atoms with E-state index < -0.39 is 0 Å². The highest BCUT2D eigenvalue weighted by molar-refractivity contribution is 5.51. The third-order valence-electron chi connectivity index (χ3n) is 3.34. The van der Waals surface area contributed by atoms with Gasteiger partial charge < -0.3 is 22.1 Å². The number of hydrogen-bond acceptors (Lipinski definition) is 4. The lowest BCUT2D eigenvalue weighted by molar-refractivity contribution is 0.660. The fourth-order valence-electron chi connectivity index (χ4n) is 2.09. The summed E-state index contributed by atoms with van der Waals surface area (Å²) in [7, 11) is 0. The first-order valence-corrected chi connectivity index (χ1v) is 7.38. The molecular weight excluding hydrogens is 260 g/mol. The predicted molar refractivity (Wildman–Crippen MR) is 91.4 cm³/mol. The molecule has 21 heavy (non-hydrogen) atoms. The van der Waals surface area contributed by atoms with Crippen molar-refractivity contribution in [3.8, 4) is 0 Å². The van der Waals surface area contributed by atoms with Crippen LogP contribution in [0, 0.1) is 0 Å². The lowest BCUT2D eigenvalue weighted by atomic mass is 10.1. The topological polar surface area (TPSA) is 76.1 Å². The van der Waals surface area contributed by atoms with Crippen molar-refractivity contribution in [3.63, 3.8) is 0 Å². The van der Waals surface area contributed by atoms with Crippen LogP contribution in [0.3, 0.4) is 0 Å². The molecule has 0 saturated carbocycles. The third kappa shape index (κ3) is 5.75. The van der Waals surface area contributed by atoms with Crippen LogP contribution >= 0.6 is 0 Å². The lowest BCUT2D eigenvalue weighted by Crippen LogP contribution is -2.20. The normalized spacial score (nSPS) is 10.5. The molecule has 0 aromatic heterocycles. The van der Waals surface area contributed by atoms with Gasteiger partial charge in [-0.05, 0) is 67.9 Å². The summed E-state index contributed by atoms with van der Waals surface area (Å²) in [6.45, 7) is 2.96. The molecule has 2 aromatic rings. The maximum atomic E-state index is 5.66. The zero-order valence-electron chi connectivity index (χ0n) is 12.3. The van der Waals surface area contributed by atoms with E-state index >= 15 is 0 Å². The Hall–Kier alpha value is -2.20. The van der Waals surface area contributed by atoms with E-state index in [4.69, 9.17) is 11.5 Å². The third-order valence-corrected chi connectivity index (χ3v) is 3.34. The standard InChI is InChI=1S/C17H24N4/c18-15-4-2-14(3-5-15)10-13-20-11-1-12-21-17-8-6-16(19)7-9-17/h2-9,20-21H,1,10-13,18-19H2. The molecule has 0 aliphatic heterocycles. The second-order valence-electron chi connectivity index (χ2n) is 5.14. The van der Waals surface area contributed by atoms with E-state index in [1.165, 1.54) is 5.56 Å². The van der Waals surface area contributed by atoms with Gasteiger partial charge in [0.15, 0.2) is 0 Å². The van der Waals surface area contributed by atoms with Gasteiger partial charge >= 0.3 is 0 Å². The maximum Gasteiger partial charge on any atom is 0.0341 e. The van der Waals surface area contributed by atoms with Gasteiger partial charge in [0.25, 0.3) is 0 Å². The molecule has 0 spiro atoms. The Morgan fingerprint density at radius 3 is 2.00 bits per heavy atom. The highest BCUT2D eigenvalue weighted by Gasteiger charge is 1.94. The van der Waals surface area contributed by atoms with Gasteiger partial charge in [-0.2, -0.15) is 0 Å². The lowest BCUT2D eigenvalue weighted by Gasteiger charge is -2.08. The molecule has 2 rings (SSSR count). The van der Waals surface area contributed by atoms with Crippen LogP contribution in [-0.2, 0) is 6.42 Å². The van der Waals surface area contributed by atoms with E-state index in [1.807, 2.05) is 36.4 Å². The molecule has 4 heteroatoms. The van der Waals surface area contributed by atoms with Gasteiger partial charge in [-0.1, -0.05) is 12.1 Å². The summed E-state index contributed by atoms with van der Waals surface area (Å²) in [5.41, 5.74) is 15.4. The van der Waals surface area contributed by atoms with Gasteiger partial charge in [0.1, 0.15) is 0 Å². The summed E-state index contributed by atoms with van der Waals surface area (Å²) >= 11 is 0. The molecular formula is C17H24N4. The van der Waals surface area contributed by atoms with Crippen LogP contribution in [0.25, 0.3) is 0 Å². The van der Waals surface area contributed by atoms with Crippen molar-refractivity contribution in [2.75, 3.05) is 36.4 Å². The van der Waals surface area contributed by atoms with Gasteiger partial charge in [-0.15, -0.1) is 0 Å². The number of rotatable bonds is 8. The van der Waals surface area contributed by atoms with Crippen LogP contribution in [0.5, 0.6) is 0 Å². The first-order chi connectivity index (χ1) is 10.2. The van der Waals surface area contributed by atoms with Gasteiger partial charge in [0, 0.05) is 23.6 Å². The molecule has 4 nitrogen and oxygen atoms in total. The quantitative estimate of drug-likeness (QED) is 0.444. The zero-order chi connectivity index (χ0) is 14.9. The monoisotopic (exact) mass is 284 g/mol. The average molecular weight is 284 g/mol. The molecule has 6 N–H and O–H groups in total. The number of anilines is 3. The van der Waals surface area contributed by atoms with E-state index in [0.717, 1.165) is 49.5 Å². The number of benzene rings is 2. The number of nitrogen functional groups attached to an aromatic ring is 2. The first kappa shape index (κ1) is 15.2. The van der Waals surface area contributed by atoms with Crippen LogP contribution in [0.4, 0.5) is 17.1 Å². The number of nitrogens with one attached hydrogen (secondary N) is 2. The van der Waals surface area contributed by atoms with Crippen molar-refractivity contribution in [3.05, 3.63) is 54.1 Å². The fourth-order valence-corrected chi connectivity index (χ4v) is 2.09. The summed E-state index contributed by atoms with van der Waals surface area (Å²) in [4.78, 5) is 0. The number of nitrogens with two attached hydrogens (primary N) is 2. The molecule has 0 aliphatic carbocycles. The highest BCUT2D eigenvalue weighted by Crippen LogP contribution is 2.10. The van der Waals surface area contributed by atoms with Crippen molar-refractivity contribution in [1.29, 1.82) is 0 Å². The summed E-state index contributed by atoms with van der Waals surface area (Å²) in [6.07, 6.45) is 2.12. The Balaban J connectivity index is 1.52. The van der Waals surface area contributed by atoms with Gasteiger partial charge in [-0.3, -0.25) is 0 Å². The molecule has 0 amide bonds. The van der Waals surface area contributed by atoms with Crippen molar-refractivity contribution in [2.24, 2.45) is 0 Å². The SMILES string of the molecule is Nc1ccc(CCNCCCNc2ccc(N)cc2)cc1. The smallest absolute Gasteiger partial charge is 0.0341 e. The molecule has 0 radical (unpaired) electrons. The second kappa shape index (κ2) is 8.17. The minimum Gasteiger partial charge on any atom is -0.399 e. The van der Waals surface area contributed by atoms with Crippen LogP contribution in [0.1, 0.15) is 12.0 Å². The molecule has 0 aliphatic rings. The van der Waals surface area contributed by atoms with Crippen molar-refractivity contribution >= 4 is 17.1 Å². The Morgan fingerprint density at radius 2 is 1.33 bits per heavy atom. The molecule has 0 bridgehead atoms. The van der Waals surface area contributed by atoms with Crippen molar-refractivity contribution in [1.82, 2.24) is 5.32 Å². The molecule has 0 fully saturated rings. The van der Waals surface area contributed by atoms with Crippen LogP contribution in [-0.4, -0.2) is 19.6 Å². The summed E-state index contributed by atoms with van der Waals surface area (Å²) < 4.78 is 0. The van der Waals surface area contributed by atoms with E-state index in [9.17, 15) is 0 Å². The zero-order valence-corrected chi connectivity index (χ0v) is 12.3. The van der Waals surface area contributed by atoms with Gasteiger partial charge in [-0.25, -0.2) is 0 Å². The van der Waals surface area contributed by atoms with Crippen LogP contribution < -0.4 is 22.1 Å². The summed E-state index contributed by atoms with van der Waals surface area (Å²) in [5, 5.41) is 6.83. The predicted octanol–water partition coefficient (Wildman–Crippen LogP) is 2.49. The number of hydrogen-bond donors (Lipinski definition) is 4. The Bertz CT molecular complexity index is 470. The molecule has 2 aromatic carbocycles. The Morgan fingerprint density at radius 1 is 0.714 bits per heavy atom. The molecule has 0 atom stereocenters.